The van der Waals surface area contributed by atoms with Gasteiger partial charge in [-0.3, -0.25) is 14.4 Å². The molecular weight excluding hydrogens is 380 g/mol. The number of aromatic amines is 1. The number of Topliss-reactive ketones (excluding diaryl/α,β-unsaturated/α-hetero) is 1. The number of hydrogen-bond acceptors (Lipinski definition) is 4. The topological polar surface area (TPSA) is 131 Å². The molecule has 2 aromatic rings. The summed E-state index contributed by atoms with van der Waals surface area (Å²) in [6, 6.07) is 7.01. The van der Waals surface area contributed by atoms with E-state index in [0.717, 1.165) is 29.3 Å². The van der Waals surface area contributed by atoms with Gasteiger partial charge in [0.1, 0.15) is 11.6 Å². The lowest BCUT2D eigenvalue weighted by molar-refractivity contribution is -0.133. The van der Waals surface area contributed by atoms with Crippen LogP contribution in [0.2, 0.25) is 0 Å². The Balaban J connectivity index is 2.00. The molecule has 1 aromatic heterocycles. The molecule has 0 aliphatic heterocycles. The Labute approximate surface area is 177 Å². The van der Waals surface area contributed by atoms with Crippen LogP contribution in [-0.2, 0) is 26.3 Å². The number of nitrogens with two attached hydrogens (primary N) is 2. The Morgan fingerprint density at radius 1 is 1.27 bits per heavy atom. The Hall–Kier alpha value is -2.67. The van der Waals surface area contributed by atoms with Crippen molar-refractivity contribution in [3.63, 3.8) is 0 Å². The summed E-state index contributed by atoms with van der Waals surface area (Å²) in [5, 5.41) is 3.76. The molecule has 0 bridgehead atoms. The number of carbonyl (C=O) groups is 3. The van der Waals surface area contributed by atoms with Gasteiger partial charge in [0.15, 0.2) is 5.78 Å². The number of carbonyl (C=O) groups excluding carboxylic acids is 3. The first-order chi connectivity index (χ1) is 14.2. The third kappa shape index (κ3) is 3.99. The predicted molar refractivity (Wildman–Crippen MR) is 116 cm³/mol. The number of nitrogens with one attached hydrogen (secondary N) is 2. The summed E-state index contributed by atoms with van der Waals surface area (Å²) >= 11 is 0. The maximum atomic E-state index is 13.2. The van der Waals surface area contributed by atoms with Crippen molar-refractivity contribution >= 4 is 28.5 Å². The van der Waals surface area contributed by atoms with Crippen molar-refractivity contribution in [3.05, 3.63) is 35.5 Å². The number of rotatable bonds is 8. The van der Waals surface area contributed by atoms with E-state index in [1.165, 1.54) is 0 Å². The normalized spacial score (nSPS) is 22.0. The number of aromatic nitrogens is 1. The lowest BCUT2D eigenvalue weighted by atomic mass is 9.71. The van der Waals surface area contributed by atoms with Gasteiger partial charge in [0.05, 0.1) is 0 Å². The van der Waals surface area contributed by atoms with Crippen LogP contribution in [-0.4, -0.2) is 28.6 Å². The van der Waals surface area contributed by atoms with E-state index in [1.54, 1.807) is 0 Å². The van der Waals surface area contributed by atoms with Crippen molar-refractivity contribution in [2.45, 2.75) is 64.5 Å². The average Bonchev–Trinajstić information content (AvgIpc) is 3.09. The molecule has 3 rings (SSSR count). The zero-order valence-electron chi connectivity index (χ0n) is 18.0. The number of fused-ring (bicyclic) bond motifs is 3. The third-order valence-electron chi connectivity index (χ3n) is 6.18. The molecule has 0 saturated carbocycles. The lowest BCUT2D eigenvalue weighted by Gasteiger charge is -2.37. The van der Waals surface area contributed by atoms with Gasteiger partial charge in [0.25, 0.3) is 0 Å². The summed E-state index contributed by atoms with van der Waals surface area (Å²) in [5.74, 6) is -1.58. The van der Waals surface area contributed by atoms with Crippen molar-refractivity contribution in [3.8, 4) is 0 Å². The summed E-state index contributed by atoms with van der Waals surface area (Å²) in [6.45, 7) is 5.68. The summed E-state index contributed by atoms with van der Waals surface area (Å²) in [7, 11) is 0. The van der Waals surface area contributed by atoms with Crippen molar-refractivity contribution in [1.82, 2.24) is 10.3 Å². The van der Waals surface area contributed by atoms with Crippen LogP contribution in [0.5, 0.6) is 0 Å². The minimum Gasteiger partial charge on any atom is -0.368 e. The zero-order valence-corrected chi connectivity index (χ0v) is 18.0. The van der Waals surface area contributed by atoms with Crippen LogP contribution in [0.25, 0.3) is 10.9 Å². The minimum absolute atomic E-state index is 0.0648. The second-order valence-corrected chi connectivity index (χ2v) is 8.76. The second kappa shape index (κ2) is 8.60. The van der Waals surface area contributed by atoms with E-state index in [1.807, 2.05) is 45.0 Å². The highest BCUT2D eigenvalue weighted by Gasteiger charge is 2.46. The number of para-hydroxylation sites is 1. The van der Waals surface area contributed by atoms with Gasteiger partial charge >= 0.3 is 0 Å². The first-order valence-electron chi connectivity index (χ1n) is 10.7. The molecular formula is C23H32N4O3. The first kappa shape index (κ1) is 22.0. The number of H-pyrrole nitrogens is 1. The molecule has 30 heavy (non-hydrogen) atoms. The van der Waals surface area contributed by atoms with E-state index in [-0.39, 0.29) is 24.0 Å². The maximum absolute atomic E-state index is 13.2. The molecule has 7 heteroatoms. The van der Waals surface area contributed by atoms with Gasteiger partial charge in [-0.15, -0.1) is 0 Å². The molecule has 0 saturated heterocycles. The molecule has 2 amide bonds. The molecule has 0 radical (unpaired) electrons. The predicted octanol–water partition coefficient (Wildman–Crippen LogP) is 2.27. The Morgan fingerprint density at radius 2 is 1.97 bits per heavy atom. The molecule has 6 N–H and O–H groups in total. The minimum atomic E-state index is -1.26. The van der Waals surface area contributed by atoms with E-state index in [2.05, 4.69) is 10.3 Å². The lowest BCUT2D eigenvalue weighted by Crippen LogP contribution is -2.55. The Bertz CT molecular complexity index is 965. The van der Waals surface area contributed by atoms with Gasteiger partial charge in [-0.05, 0) is 36.8 Å². The van der Waals surface area contributed by atoms with Crippen LogP contribution in [0.15, 0.2) is 24.3 Å². The average molecular weight is 413 g/mol. The monoisotopic (exact) mass is 412 g/mol. The van der Waals surface area contributed by atoms with Crippen LogP contribution in [0, 0.1) is 11.8 Å². The van der Waals surface area contributed by atoms with E-state index in [0.29, 0.717) is 18.5 Å². The largest absolute Gasteiger partial charge is 0.368 e. The molecule has 1 aliphatic carbocycles. The van der Waals surface area contributed by atoms with Crippen molar-refractivity contribution in [2.75, 3.05) is 0 Å². The molecule has 0 fully saturated rings. The number of amides is 2. The second-order valence-electron chi connectivity index (χ2n) is 8.76. The highest BCUT2D eigenvalue weighted by Crippen LogP contribution is 2.41. The number of benzene rings is 1. The van der Waals surface area contributed by atoms with E-state index < -0.39 is 23.4 Å². The molecule has 162 valence electrons. The maximum Gasteiger partial charge on any atom is 0.240 e. The van der Waals surface area contributed by atoms with Gasteiger partial charge in [-0.25, -0.2) is 0 Å². The molecule has 7 nitrogen and oxygen atoms in total. The quantitative estimate of drug-likeness (QED) is 0.529. The standard InChI is InChI=1S/C23H32N4O3/c1-4-5-10-18(28)23(25)12-14(22(30)27-19(13(2)3)21(24)29)11-16-15-8-6-7-9-17(15)26-20(16)23/h6-9,13-14,19,26H,4-5,10-12,25H2,1-3H3,(H2,24,29)(H,27,30)/t14?,19-,23?/m0/s1. The number of unbranched alkanes of at least 4 members (excludes halogenated alkanes) is 1. The van der Waals surface area contributed by atoms with Crippen LogP contribution >= 0.6 is 0 Å². The zero-order chi connectivity index (χ0) is 22.1. The Kier molecular flexibility index (Phi) is 6.31. The molecule has 1 heterocycles. The van der Waals surface area contributed by atoms with Gasteiger partial charge in [0.2, 0.25) is 11.8 Å². The molecule has 1 aliphatic rings. The van der Waals surface area contributed by atoms with Crippen molar-refractivity contribution < 1.29 is 14.4 Å². The summed E-state index contributed by atoms with van der Waals surface area (Å²) < 4.78 is 0. The summed E-state index contributed by atoms with van der Waals surface area (Å²) in [6.07, 6.45) is 2.66. The number of primary amides is 1. The molecule has 1 aromatic carbocycles. The summed E-state index contributed by atoms with van der Waals surface area (Å²) in [5.41, 5.74) is 13.5. The van der Waals surface area contributed by atoms with Crippen LogP contribution in [0.1, 0.15) is 57.7 Å². The van der Waals surface area contributed by atoms with Gasteiger partial charge in [-0.2, -0.15) is 0 Å². The van der Waals surface area contributed by atoms with Crippen molar-refractivity contribution in [2.24, 2.45) is 23.3 Å². The molecule has 3 atom stereocenters. The van der Waals surface area contributed by atoms with E-state index >= 15 is 0 Å². The van der Waals surface area contributed by atoms with E-state index in [4.69, 9.17) is 11.5 Å². The fourth-order valence-electron chi connectivity index (χ4n) is 4.44. The van der Waals surface area contributed by atoms with Gasteiger partial charge < -0.3 is 21.8 Å². The third-order valence-corrected chi connectivity index (χ3v) is 6.18. The van der Waals surface area contributed by atoms with Crippen LogP contribution in [0.4, 0.5) is 0 Å². The number of hydrogen-bond donors (Lipinski definition) is 4. The van der Waals surface area contributed by atoms with E-state index in [9.17, 15) is 14.4 Å². The fraction of sp³-hybridized carbons (Fsp3) is 0.522. The smallest absolute Gasteiger partial charge is 0.240 e. The fourth-order valence-corrected chi connectivity index (χ4v) is 4.44. The molecule has 0 spiro atoms. The highest BCUT2D eigenvalue weighted by atomic mass is 16.2. The summed E-state index contributed by atoms with van der Waals surface area (Å²) in [4.78, 5) is 41.4. The van der Waals surface area contributed by atoms with Gasteiger partial charge in [0, 0.05) is 28.9 Å². The Morgan fingerprint density at radius 3 is 2.60 bits per heavy atom. The first-order valence-corrected chi connectivity index (χ1v) is 10.7. The highest BCUT2D eigenvalue weighted by molar-refractivity contribution is 5.96. The SMILES string of the molecule is CCCCC(=O)C1(N)CC(C(=O)N[C@H](C(N)=O)C(C)C)Cc2c1[nH]c1ccccc21. The van der Waals surface area contributed by atoms with Crippen LogP contribution < -0.4 is 16.8 Å². The van der Waals surface area contributed by atoms with Crippen LogP contribution in [0.3, 0.4) is 0 Å². The number of ketones is 1. The van der Waals surface area contributed by atoms with Crippen molar-refractivity contribution in [1.29, 1.82) is 0 Å². The molecule has 2 unspecified atom stereocenters. The van der Waals surface area contributed by atoms with Gasteiger partial charge in [-0.1, -0.05) is 45.4 Å².